The number of nitrogens with one attached hydrogen (secondary N) is 2. The fourth-order valence-corrected chi connectivity index (χ4v) is 2.25. The van der Waals surface area contributed by atoms with Crippen LogP contribution in [0.5, 0.6) is 5.75 Å². The Bertz CT molecular complexity index is 738. The summed E-state index contributed by atoms with van der Waals surface area (Å²) in [6, 6.07) is 7.28. The number of furan rings is 1. The lowest BCUT2D eigenvalue weighted by atomic mass is 10.2. The molecular weight excluding hydrogens is 462 g/mol. The molecule has 0 saturated carbocycles. The summed E-state index contributed by atoms with van der Waals surface area (Å²) in [6.45, 7) is 0.615. The minimum atomic E-state index is -3.03. The summed E-state index contributed by atoms with van der Waals surface area (Å²) < 4.78 is 48.7. The third-order valence-electron chi connectivity index (χ3n) is 3.49. The van der Waals surface area contributed by atoms with E-state index in [2.05, 4.69) is 20.4 Å². The molecule has 0 radical (unpaired) electrons. The van der Waals surface area contributed by atoms with E-state index in [4.69, 9.17) is 4.42 Å². The number of hydrogen-bond donors (Lipinski definition) is 2. The number of guanidine groups is 1. The normalized spacial score (nSPS) is 12.5. The van der Waals surface area contributed by atoms with Crippen molar-refractivity contribution in [2.45, 2.75) is 33.0 Å². The molecule has 0 bridgehead atoms. The molecule has 0 saturated heterocycles. The monoisotopic (exact) mass is 483 g/mol. The first-order valence-corrected chi connectivity index (χ1v) is 7.66. The summed E-state index contributed by atoms with van der Waals surface area (Å²) in [6.07, 6.45) is 0. The van der Waals surface area contributed by atoms with Crippen molar-refractivity contribution in [3.63, 3.8) is 0 Å². The maximum Gasteiger partial charge on any atom is 0.387 e. The summed E-state index contributed by atoms with van der Waals surface area (Å²) in [5.74, 6) is 1.01. The van der Waals surface area contributed by atoms with Crippen LogP contribution in [0.1, 0.15) is 30.0 Å². The van der Waals surface area contributed by atoms with Crippen molar-refractivity contribution in [2.75, 3.05) is 7.05 Å². The molecule has 26 heavy (non-hydrogen) atoms. The highest BCUT2D eigenvalue weighted by Crippen LogP contribution is 2.23. The second-order valence-electron chi connectivity index (χ2n) is 5.34. The standard InChI is InChI=1S/C17H20F3N3O2.HI/c1-10-7-8-14(24-10)11(2)23-17(21-3)22-9-12-13(18)5-4-6-15(12)25-16(19)20;/h4-8,11,16H,9H2,1-3H3,(H2,21,22,23);1H. The van der Waals surface area contributed by atoms with Crippen LogP contribution in [0, 0.1) is 12.7 Å². The first-order valence-electron chi connectivity index (χ1n) is 7.66. The minimum Gasteiger partial charge on any atom is -0.464 e. The molecule has 0 aliphatic rings. The number of aliphatic imine (C=N–C) groups is 1. The van der Waals surface area contributed by atoms with Crippen LogP contribution >= 0.6 is 24.0 Å². The molecule has 1 aromatic heterocycles. The largest absolute Gasteiger partial charge is 0.464 e. The molecule has 0 fully saturated rings. The van der Waals surface area contributed by atoms with E-state index in [1.165, 1.54) is 18.2 Å². The van der Waals surface area contributed by atoms with Crippen LogP contribution < -0.4 is 15.4 Å². The van der Waals surface area contributed by atoms with Crippen molar-refractivity contribution in [2.24, 2.45) is 4.99 Å². The zero-order valence-corrected chi connectivity index (χ0v) is 16.9. The van der Waals surface area contributed by atoms with Crippen LogP contribution in [0.25, 0.3) is 0 Å². The van der Waals surface area contributed by atoms with Crippen molar-refractivity contribution in [1.82, 2.24) is 10.6 Å². The van der Waals surface area contributed by atoms with E-state index in [1.807, 2.05) is 26.0 Å². The second kappa shape index (κ2) is 10.3. The Morgan fingerprint density at radius 1 is 1.27 bits per heavy atom. The van der Waals surface area contributed by atoms with Gasteiger partial charge in [-0.05, 0) is 38.1 Å². The Balaban J connectivity index is 0.00000338. The van der Waals surface area contributed by atoms with Crippen molar-refractivity contribution < 1.29 is 22.3 Å². The molecule has 0 spiro atoms. The Morgan fingerprint density at radius 2 is 2.00 bits per heavy atom. The molecule has 1 atom stereocenters. The van der Waals surface area contributed by atoms with Crippen molar-refractivity contribution >= 4 is 29.9 Å². The van der Waals surface area contributed by atoms with E-state index in [1.54, 1.807) is 7.05 Å². The Morgan fingerprint density at radius 3 is 2.58 bits per heavy atom. The van der Waals surface area contributed by atoms with Gasteiger partial charge in [-0.3, -0.25) is 4.99 Å². The third kappa shape index (κ3) is 6.11. The number of ether oxygens (including phenoxy) is 1. The highest BCUT2D eigenvalue weighted by molar-refractivity contribution is 14.0. The predicted octanol–water partition coefficient (Wildman–Crippen LogP) is 4.37. The SMILES string of the molecule is CN=C(NCc1c(F)cccc1OC(F)F)NC(C)c1ccc(C)o1.I. The number of nitrogens with zero attached hydrogens (tertiary/aromatic N) is 1. The van der Waals surface area contributed by atoms with E-state index in [-0.39, 0.29) is 47.9 Å². The summed E-state index contributed by atoms with van der Waals surface area (Å²) in [5.41, 5.74) is -0.00718. The van der Waals surface area contributed by atoms with Crippen LogP contribution in [0.15, 0.2) is 39.7 Å². The zero-order chi connectivity index (χ0) is 18.4. The maximum atomic E-state index is 13.9. The van der Waals surface area contributed by atoms with E-state index in [0.29, 0.717) is 11.7 Å². The average molecular weight is 483 g/mol. The van der Waals surface area contributed by atoms with E-state index in [9.17, 15) is 13.2 Å². The van der Waals surface area contributed by atoms with Crippen molar-refractivity contribution in [3.05, 3.63) is 53.2 Å². The first-order chi connectivity index (χ1) is 11.9. The zero-order valence-electron chi connectivity index (χ0n) is 14.6. The Labute approximate surface area is 167 Å². The highest BCUT2D eigenvalue weighted by Gasteiger charge is 2.15. The van der Waals surface area contributed by atoms with Gasteiger partial charge in [0.2, 0.25) is 0 Å². The number of alkyl halides is 2. The molecule has 0 amide bonds. The minimum absolute atomic E-state index is 0. The maximum absolute atomic E-state index is 13.9. The van der Waals surface area contributed by atoms with Crippen LogP contribution in [-0.2, 0) is 6.54 Å². The molecule has 2 rings (SSSR count). The van der Waals surface area contributed by atoms with Crippen LogP contribution in [0.2, 0.25) is 0 Å². The highest BCUT2D eigenvalue weighted by atomic mass is 127. The summed E-state index contributed by atoms with van der Waals surface area (Å²) in [7, 11) is 1.55. The quantitative estimate of drug-likeness (QED) is 0.364. The molecule has 5 nitrogen and oxygen atoms in total. The summed E-state index contributed by atoms with van der Waals surface area (Å²) >= 11 is 0. The lowest BCUT2D eigenvalue weighted by Gasteiger charge is -2.18. The molecule has 2 aromatic rings. The summed E-state index contributed by atoms with van der Waals surface area (Å²) in [5, 5.41) is 5.96. The van der Waals surface area contributed by atoms with Gasteiger partial charge in [0, 0.05) is 19.2 Å². The molecule has 1 heterocycles. The summed E-state index contributed by atoms with van der Waals surface area (Å²) in [4.78, 5) is 4.04. The molecular formula is C17H21F3IN3O2. The fraction of sp³-hybridized carbons (Fsp3) is 0.353. The lowest BCUT2D eigenvalue weighted by Crippen LogP contribution is -2.38. The van der Waals surface area contributed by atoms with Gasteiger partial charge in [-0.25, -0.2) is 4.39 Å². The third-order valence-corrected chi connectivity index (χ3v) is 3.49. The molecule has 1 aromatic carbocycles. The number of halogens is 4. The second-order valence-corrected chi connectivity index (χ2v) is 5.34. The van der Waals surface area contributed by atoms with Gasteiger partial charge < -0.3 is 19.8 Å². The van der Waals surface area contributed by atoms with E-state index >= 15 is 0 Å². The molecule has 1 unspecified atom stereocenters. The van der Waals surface area contributed by atoms with E-state index < -0.39 is 12.4 Å². The van der Waals surface area contributed by atoms with Gasteiger partial charge in [0.05, 0.1) is 6.04 Å². The lowest BCUT2D eigenvalue weighted by molar-refractivity contribution is -0.0506. The Kier molecular flexibility index (Phi) is 8.76. The number of aryl methyl sites for hydroxylation is 1. The van der Waals surface area contributed by atoms with E-state index in [0.717, 1.165) is 5.76 Å². The van der Waals surface area contributed by atoms with Gasteiger partial charge in [-0.2, -0.15) is 8.78 Å². The molecule has 2 N–H and O–H groups in total. The average Bonchev–Trinajstić information content (AvgIpc) is 2.99. The van der Waals surface area contributed by atoms with Gasteiger partial charge >= 0.3 is 6.61 Å². The van der Waals surface area contributed by atoms with Gasteiger partial charge in [-0.15, -0.1) is 24.0 Å². The number of rotatable bonds is 6. The Hall–Kier alpha value is -1.91. The van der Waals surface area contributed by atoms with Crippen LogP contribution in [0.4, 0.5) is 13.2 Å². The smallest absolute Gasteiger partial charge is 0.387 e. The van der Waals surface area contributed by atoms with Crippen molar-refractivity contribution in [1.29, 1.82) is 0 Å². The van der Waals surface area contributed by atoms with Gasteiger partial charge in [0.1, 0.15) is 23.1 Å². The van der Waals surface area contributed by atoms with Gasteiger partial charge in [0.25, 0.3) is 0 Å². The van der Waals surface area contributed by atoms with Crippen LogP contribution in [0.3, 0.4) is 0 Å². The topological polar surface area (TPSA) is 58.8 Å². The number of hydrogen-bond acceptors (Lipinski definition) is 3. The predicted molar refractivity (Wildman–Crippen MR) is 104 cm³/mol. The van der Waals surface area contributed by atoms with Crippen LogP contribution in [-0.4, -0.2) is 19.6 Å². The molecule has 0 aliphatic carbocycles. The molecule has 9 heteroatoms. The van der Waals surface area contributed by atoms with Gasteiger partial charge in [-0.1, -0.05) is 6.07 Å². The fourth-order valence-electron chi connectivity index (χ4n) is 2.25. The van der Waals surface area contributed by atoms with Crippen molar-refractivity contribution in [3.8, 4) is 5.75 Å². The van der Waals surface area contributed by atoms with Gasteiger partial charge in [0.15, 0.2) is 5.96 Å². The first kappa shape index (κ1) is 22.1. The molecule has 0 aliphatic heterocycles. The number of benzene rings is 1. The molecule has 144 valence electrons.